The fourth-order valence-corrected chi connectivity index (χ4v) is 6.50. The van der Waals surface area contributed by atoms with Crippen molar-refractivity contribution in [2.75, 3.05) is 0 Å². The van der Waals surface area contributed by atoms with E-state index in [4.69, 9.17) is 4.74 Å². The minimum atomic E-state index is -0.877. The van der Waals surface area contributed by atoms with Crippen molar-refractivity contribution in [3.05, 3.63) is 58.7 Å². The number of ether oxygens (including phenoxy) is 1. The molecule has 2 aromatic carbocycles. The first-order valence-corrected chi connectivity index (χ1v) is 13.4. The number of hydrogen-bond acceptors (Lipinski definition) is 6. The summed E-state index contributed by atoms with van der Waals surface area (Å²) in [4.78, 5) is 27.7. The summed E-state index contributed by atoms with van der Waals surface area (Å²) in [7, 11) is 0. The number of aromatic hydroxyl groups is 1. The maximum atomic E-state index is 13.5. The predicted molar refractivity (Wildman–Crippen MR) is 138 cm³/mol. The van der Waals surface area contributed by atoms with E-state index in [1.54, 1.807) is 12.1 Å². The lowest BCUT2D eigenvalue weighted by Gasteiger charge is -2.47. The Hall–Kier alpha value is -2.31. The molecule has 1 aliphatic carbocycles. The second kappa shape index (κ2) is 9.98. The molecular formula is C29H36O5S. The summed E-state index contributed by atoms with van der Waals surface area (Å²) in [5.74, 6) is -0.0617. The Bertz CT molecular complexity index is 1080. The first-order chi connectivity index (χ1) is 16.5. The van der Waals surface area contributed by atoms with Crippen LogP contribution in [-0.4, -0.2) is 32.8 Å². The average molecular weight is 497 g/mol. The van der Waals surface area contributed by atoms with E-state index in [2.05, 4.69) is 20.8 Å². The van der Waals surface area contributed by atoms with Crippen molar-refractivity contribution < 1.29 is 24.5 Å². The van der Waals surface area contributed by atoms with E-state index in [0.717, 1.165) is 46.4 Å². The average Bonchev–Trinajstić information content (AvgIpc) is 2.74. The topological polar surface area (TPSA) is 83.8 Å². The van der Waals surface area contributed by atoms with Crippen molar-refractivity contribution in [2.45, 2.75) is 94.0 Å². The summed E-state index contributed by atoms with van der Waals surface area (Å²) < 4.78 is 6.21. The molecule has 5 nitrogen and oxygen atoms in total. The molecule has 0 spiro atoms. The van der Waals surface area contributed by atoms with Crippen LogP contribution < -0.4 is 0 Å². The summed E-state index contributed by atoms with van der Waals surface area (Å²) in [5.41, 5.74) is 2.91. The molecule has 6 heteroatoms. The molecule has 1 aliphatic heterocycles. The lowest BCUT2D eigenvalue weighted by molar-refractivity contribution is -0.182. The van der Waals surface area contributed by atoms with Crippen LogP contribution in [0.4, 0.5) is 0 Å². The third-order valence-corrected chi connectivity index (χ3v) is 8.85. The number of hydrogen-bond donors (Lipinski definition) is 2. The van der Waals surface area contributed by atoms with Crippen LogP contribution in [0, 0.1) is 12.8 Å². The Morgan fingerprint density at radius 2 is 1.80 bits per heavy atom. The van der Waals surface area contributed by atoms with Crippen LogP contribution in [-0.2, 0) is 32.8 Å². The molecule has 2 aromatic rings. The van der Waals surface area contributed by atoms with Crippen molar-refractivity contribution in [1.82, 2.24) is 0 Å². The Labute approximate surface area is 212 Å². The molecule has 1 heterocycles. The van der Waals surface area contributed by atoms with E-state index in [-0.39, 0.29) is 35.9 Å². The van der Waals surface area contributed by atoms with Crippen molar-refractivity contribution in [3.63, 3.8) is 0 Å². The minimum absolute atomic E-state index is 0.0464. The van der Waals surface area contributed by atoms with E-state index in [0.29, 0.717) is 12.8 Å². The molecule has 0 amide bonds. The smallest absolute Gasteiger partial charge is 0.327 e. The van der Waals surface area contributed by atoms with E-state index >= 15 is 0 Å². The van der Waals surface area contributed by atoms with Crippen LogP contribution in [0.1, 0.15) is 75.1 Å². The maximum absolute atomic E-state index is 13.5. The molecule has 2 atom stereocenters. The molecule has 2 fully saturated rings. The summed E-state index contributed by atoms with van der Waals surface area (Å²) in [6.45, 7) is 8.17. The van der Waals surface area contributed by atoms with E-state index < -0.39 is 16.8 Å². The van der Waals surface area contributed by atoms with Gasteiger partial charge in [0.05, 0.1) is 6.61 Å². The third-order valence-electron chi connectivity index (χ3n) is 7.57. The summed E-state index contributed by atoms with van der Waals surface area (Å²) in [6, 6.07) is 11.0. The number of carbonyl (C=O) groups excluding carboxylic acids is 2. The van der Waals surface area contributed by atoms with Gasteiger partial charge in [-0.2, -0.15) is 0 Å². The van der Waals surface area contributed by atoms with Gasteiger partial charge in [-0.15, -0.1) is 11.8 Å². The molecule has 2 aliphatic rings. The molecule has 1 saturated heterocycles. The molecule has 0 radical (unpaired) electrons. The van der Waals surface area contributed by atoms with Crippen molar-refractivity contribution in [2.24, 2.45) is 5.92 Å². The molecular weight excluding hydrogens is 460 g/mol. The van der Waals surface area contributed by atoms with Crippen LogP contribution >= 0.6 is 11.8 Å². The van der Waals surface area contributed by atoms with Crippen LogP contribution in [0.25, 0.3) is 0 Å². The zero-order chi connectivity index (χ0) is 25.4. The number of benzene rings is 2. The summed E-state index contributed by atoms with van der Waals surface area (Å²) in [6.07, 6.45) is 4.59. The van der Waals surface area contributed by atoms with Gasteiger partial charge in [0.1, 0.15) is 11.4 Å². The van der Waals surface area contributed by atoms with Crippen molar-refractivity contribution in [1.29, 1.82) is 0 Å². The highest BCUT2D eigenvalue weighted by Gasteiger charge is 2.52. The number of phenols is 1. The zero-order valence-corrected chi connectivity index (χ0v) is 21.9. The Kier molecular flexibility index (Phi) is 7.35. The predicted octanol–water partition coefficient (Wildman–Crippen LogP) is 5.64. The standard InChI is InChI=1S/C29H36O5S/c1-18-14-25(23(28(2,3)4)15-20(18)17-30)35-26-24(32)16-29(34-27(26)33,21-6-5-7-21)13-12-19-8-10-22(31)11-9-19/h8-11,14-15,21,26,30-31H,5-7,12-13,16-17H2,1-4H3. The molecule has 4 rings (SSSR count). The molecule has 0 aromatic heterocycles. The van der Waals surface area contributed by atoms with Crippen LogP contribution in [0.3, 0.4) is 0 Å². The molecule has 2 N–H and O–H groups in total. The number of phenolic OH excluding ortho intramolecular Hbond substituents is 1. The first-order valence-electron chi connectivity index (χ1n) is 12.5. The number of aryl methyl sites for hydroxylation is 2. The first kappa shape index (κ1) is 25.8. The summed E-state index contributed by atoms with van der Waals surface area (Å²) >= 11 is 1.29. The van der Waals surface area contributed by atoms with Gasteiger partial charge < -0.3 is 14.9 Å². The fourth-order valence-electron chi connectivity index (χ4n) is 5.15. The Balaban J connectivity index is 1.56. The highest BCUT2D eigenvalue weighted by atomic mass is 32.2. The lowest BCUT2D eigenvalue weighted by atomic mass is 9.67. The van der Waals surface area contributed by atoms with Crippen LogP contribution in [0.15, 0.2) is 41.3 Å². The van der Waals surface area contributed by atoms with Crippen LogP contribution in [0.5, 0.6) is 5.75 Å². The van der Waals surface area contributed by atoms with E-state index in [9.17, 15) is 19.8 Å². The number of Topliss-reactive ketones (excluding diaryl/α,β-unsaturated/α-hetero) is 1. The number of cyclic esters (lactones) is 1. The fraction of sp³-hybridized carbons (Fsp3) is 0.517. The van der Waals surface area contributed by atoms with Gasteiger partial charge in [-0.3, -0.25) is 9.59 Å². The Morgan fingerprint density at radius 3 is 2.34 bits per heavy atom. The minimum Gasteiger partial charge on any atom is -0.508 e. The lowest BCUT2D eigenvalue weighted by Crippen LogP contribution is -2.55. The van der Waals surface area contributed by atoms with Gasteiger partial charge in [0, 0.05) is 11.3 Å². The molecule has 0 bridgehead atoms. The molecule has 1 saturated carbocycles. The maximum Gasteiger partial charge on any atom is 0.327 e. The van der Waals surface area contributed by atoms with E-state index in [1.807, 2.05) is 31.2 Å². The van der Waals surface area contributed by atoms with Gasteiger partial charge in [-0.05, 0) is 84.4 Å². The largest absolute Gasteiger partial charge is 0.508 e. The monoisotopic (exact) mass is 496 g/mol. The van der Waals surface area contributed by atoms with Crippen molar-refractivity contribution >= 4 is 23.5 Å². The van der Waals surface area contributed by atoms with Gasteiger partial charge in [0.15, 0.2) is 11.0 Å². The highest BCUT2D eigenvalue weighted by Crippen LogP contribution is 2.48. The van der Waals surface area contributed by atoms with Gasteiger partial charge >= 0.3 is 5.97 Å². The number of aliphatic hydroxyl groups excluding tert-OH is 1. The number of thioether (sulfide) groups is 1. The SMILES string of the molecule is Cc1cc(SC2C(=O)CC(CCc3ccc(O)cc3)(C3CCC3)OC2=O)c(C(C)(C)C)cc1CO. The molecule has 35 heavy (non-hydrogen) atoms. The molecule has 188 valence electrons. The second-order valence-electron chi connectivity index (χ2n) is 11.1. The number of ketones is 1. The second-order valence-corrected chi connectivity index (χ2v) is 12.3. The van der Waals surface area contributed by atoms with Gasteiger partial charge in [-0.25, -0.2) is 0 Å². The normalized spacial score (nSPS) is 23.2. The van der Waals surface area contributed by atoms with Gasteiger partial charge in [-0.1, -0.05) is 45.4 Å². The summed E-state index contributed by atoms with van der Waals surface area (Å²) in [5, 5.41) is 18.4. The number of aliphatic hydroxyl groups is 1. The van der Waals surface area contributed by atoms with Gasteiger partial charge in [0.25, 0.3) is 0 Å². The van der Waals surface area contributed by atoms with E-state index in [1.165, 1.54) is 11.8 Å². The third kappa shape index (κ3) is 5.44. The highest BCUT2D eigenvalue weighted by molar-refractivity contribution is 8.01. The zero-order valence-electron chi connectivity index (χ0n) is 21.1. The van der Waals surface area contributed by atoms with Crippen molar-refractivity contribution in [3.8, 4) is 5.75 Å². The quantitative estimate of drug-likeness (QED) is 0.381. The number of esters is 1. The Morgan fingerprint density at radius 1 is 1.11 bits per heavy atom. The van der Waals surface area contributed by atoms with Crippen LogP contribution in [0.2, 0.25) is 0 Å². The number of carbonyl (C=O) groups is 2. The molecule has 2 unspecified atom stereocenters. The number of rotatable bonds is 7. The van der Waals surface area contributed by atoms with Gasteiger partial charge in [0.2, 0.25) is 0 Å².